The largest absolute Gasteiger partial charge is 0.350 e. The maximum Gasteiger partial charge on any atom is 0.350 e. The summed E-state index contributed by atoms with van der Waals surface area (Å²) in [5.74, 6) is -3.28. The standard InChI is InChI=1S/C8H14ClF2NO2S/c9-7-3-1-2-6(4-7)5-12-15(13,14)8(10)11/h6-8,12H,1-5H2. The van der Waals surface area contributed by atoms with Crippen molar-refractivity contribution < 1.29 is 17.2 Å². The van der Waals surface area contributed by atoms with Crippen LogP contribution in [0.3, 0.4) is 0 Å². The number of hydrogen-bond acceptors (Lipinski definition) is 2. The Kier molecular flexibility index (Phi) is 4.73. The molecule has 1 N–H and O–H groups in total. The SMILES string of the molecule is O=S(=O)(NCC1CCCC(Cl)C1)C(F)F. The molecule has 1 rings (SSSR count). The van der Waals surface area contributed by atoms with E-state index in [9.17, 15) is 17.2 Å². The van der Waals surface area contributed by atoms with Gasteiger partial charge in [0.15, 0.2) is 0 Å². The Morgan fingerprint density at radius 1 is 1.40 bits per heavy atom. The first-order chi connectivity index (χ1) is 6.92. The van der Waals surface area contributed by atoms with Crippen LogP contribution < -0.4 is 4.72 Å². The van der Waals surface area contributed by atoms with E-state index in [0.717, 1.165) is 19.3 Å². The van der Waals surface area contributed by atoms with E-state index in [1.54, 1.807) is 0 Å². The van der Waals surface area contributed by atoms with Crippen LogP contribution in [0.25, 0.3) is 0 Å². The number of sulfonamides is 1. The average Bonchev–Trinajstić information content (AvgIpc) is 2.15. The summed E-state index contributed by atoms with van der Waals surface area (Å²) in [6.45, 7) is 0.0654. The van der Waals surface area contributed by atoms with Gasteiger partial charge in [-0.15, -0.1) is 11.6 Å². The van der Waals surface area contributed by atoms with Crippen LogP contribution in [0, 0.1) is 5.92 Å². The van der Waals surface area contributed by atoms with Gasteiger partial charge in [-0.05, 0) is 25.2 Å². The maximum absolute atomic E-state index is 12.0. The molecule has 2 atom stereocenters. The molecule has 0 radical (unpaired) electrons. The fraction of sp³-hybridized carbons (Fsp3) is 1.00. The Morgan fingerprint density at radius 2 is 2.07 bits per heavy atom. The molecule has 1 fully saturated rings. The van der Waals surface area contributed by atoms with Crippen molar-refractivity contribution in [2.24, 2.45) is 5.92 Å². The lowest BCUT2D eigenvalue weighted by atomic mass is 9.89. The van der Waals surface area contributed by atoms with Crippen LogP contribution in [-0.4, -0.2) is 26.1 Å². The molecule has 0 aromatic heterocycles. The zero-order valence-electron chi connectivity index (χ0n) is 8.13. The van der Waals surface area contributed by atoms with Crippen molar-refractivity contribution in [2.75, 3.05) is 6.54 Å². The average molecular weight is 262 g/mol. The van der Waals surface area contributed by atoms with Crippen LogP contribution in [0.15, 0.2) is 0 Å². The second kappa shape index (κ2) is 5.41. The van der Waals surface area contributed by atoms with Crippen LogP contribution in [0.4, 0.5) is 8.78 Å². The molecule has 3 nitrogen and oxygen atoms in total. The summed E-state index contributed by atoms with van der Waals surface area (Å²) >= 11 is 5.90. The lowest BCUT2D eigenvalue weighted by Crippen LogP contribution is -2.35. The van der Waals surface area contributed by atoms with Crippen LogP contribution in [-0.2, 0) is 10.0 Å². The molecule has 15 heavy (non-hydrogen) atoms. The summed E-state index contributed by atoms with van der Waals surface area (Å²) < 4.78 is 47.4. The van der Waals surface area contributed by atoms with Gasteiger partial charge >= 0.3 is 5.76 Å². The molecule has 1 saturated carbocycles. The van der Waals surface area contributed by atoms with E-state index in [0.29, 0.717) is 6.42 Å². The van der Waals surface area contributed by atoms with Gasteiger partial charge in [0.2, 0.25) is 0 Å². The predicted octanol–water partition coefficient (Wildman–Crippen LogP) is 1.93. The molecule has 90 valence electrons. The molecular weight excluding hydrogens is 248 g/mol. The molecule has 0 spiro atoms. The van der Waals surface area contributed by atoms with E-state index in [1.165, 1.54) is 0 Å². The topological polar surface area (TPSA) is 46.2 Å². The molecule has 1 aliphatic carbocycles. The first kappa shape index (κ1) is 13.1. The predicted molar refractivity (Wildman–Crippen MR) is 54.5 cm³/mol. The highest BCUT2D eigenvalue weighted by Crippen LogP contribution is 2.27. The third kappa shape index (κ3) is 4.20. The molecule has 0 aromatic carbocycles. The third-order valence-electron chi connectivity index (χ3n) is 2.53. The number of hydrogen-bond donors (Lipinski definition) is 1. The third-order valence-corrected chi connectivity index (χ3v) is 3.96. The van der Waals surface area contributed by atoms with Gasteiger partial charge in [0.1, 0.15) is 0 Å². The highest BCUT2D eigenvalue weighted by Gasteiger charge is 2.26. The molecule has 0 aromatic rings. The zero-order chi connectivity index (χ0) is 11.5. The van der Waals surface area contributed by atoms with Crippen LogP contribution in [0.2, 0.25) is 0 Å². The van der Waals surface area contributed by atoms with Crippen LogP contribution in [0.1, 0.15) is 25.7 Å². The second-order valence-electron chi connectivity index (χ2n) is 3.78. The Bertz CT molecular complexity index is 297. The Balaban J connectivity index is 2.37. The van der Waals surface area contributed by atoms with Gasteiger partial charge in [-0.3, -0.25) is 0 Å². The number of halogens is 3. The molecule has 1 aliphatic rings. The first-order valence-corrected chi connectivity index (χ1v) is 6.81. The van der Waals surface area contributed by atoms with Crippen molar-refractivity contribution in [1.82, 2.24) is 4.72 Å². The summed E-state index contributed by atoms with van der Waals surface area (Å²) in [6.07, 6.45) is 3.37. The highest BCUT2D eigenvalue weighted by atomic mass is 35.5. The normalized spacial score (nSPS) is 28.3. The van der Waals surface area contributed by atoms with Gasteiger partial charge in [-0.1, -0.05) is 6.42 Å². The van der Waals surface area contributed by atoms with Gasteiger partial charge in [0.25, 0.3) is 10.0 Å². The van der Waals surface area contributed by atoms with Gasteiger partial charge in [0.05, 0.1) is 0 Å². The van der Waals surface area contributed by atoms with Crippen molar-refractivity contribution in [3.8, 4) is 0 Å². The molecule has 7 heteroatoms. The van der Waals surface area contributed by atoms with E-state index < -0.39 is 15.8 Å². The molecule has 0 bridgehead atoms. The number of nitrogens with one attached hydrogen (secondary N) is 1. The van der Waals surface area contributed by atoms with Crippen molar-refractivity contribution in [2.45, 2.75) is 36.8 Å². The summed E-state index contributed by atoms with van der Waals surface area (Å²) in [7, 11) is -4.44. The molecular formula is C8H14ClF2NO2S. The van der Waals surface area contributed by atoms with E-state index >= 15 is 0 Å². The summed E-state index contributed by atoms with van der Waals surface area (Å²) in [5, 5.41) is 0.0415. The second-order valence-corrected chi connectivity index (χ2v) is 6.14. The van der Waals surface area contributed by atoms with Gasteiger partial charge in [-0.2, -0.15) is 8.78 Å². The number of alkyl halides is 3. The zero-order valence-corrected chi connectivity index (χ0v) is 9.70. The van der Waals surface area contributed by atoms with Crippen molar-refractivity contribution in [3.05, 3.63) is 0 Å². The van der Waals surface area contributed by atoms with Crippen molar-refractivity contribution in [3.63, 3.8) is 0 Å². The van der Waals surface area contributed by atoms with Crippen molar-refractivity contribution in [1.29, 1.82) is 0 Å². The van der Waals surface area contributed by atoms with Gasteiger partial charge in [-0.25, -0.2) is 13.1 Å². The van der Waals surface area contributed by atoms with Crippen LogP contribution >= 0.6 is 11.6 Å². The lowest BCUT2D eigenvalue weighted by molar-refractivity contribution is 0.231. The highest BCUT2D eigenvalue weighted by molar-refractivity contribution is 7.89. The van der Waals surface area contributed by atoms with Crippen molar-refractivity contribution >= 4 is 21.6 Å². The molecule has 0 heterocycles. The van der Waals surface area contributed by atoms with E-state index in [1.807, 2.05) is 4.72 Å². The fourth-order valence-electron chi connectivity index (χ4n) is 1.71. The monoisotopic (exact) mass is 261 g/mol. The summed E-state index contributed by atoms with van der Waals surface area (Å²) in [6, 6.07) is 0. The first-order valence-electron chi connectivity index (χ1n) is 4.82. The number of rotatable bonds is 4. The Labute approximate surface area is 93.2 Å². The minimum atomic E-state index is -4.44. The quantitative estimate of drug-likeness (QED) is 0.786. The van der Waals surface area contributed by atoms with E-state index in [2.05, 4.69) is 0 Å². The summed E-state index contributed by atoms with van der Waals surface area (Å²) in [5.41, 5.74) is 0. The molecule has 0 amide bonds. The lowest BCUT2D eigenvalue weighted by Gasteiger charge is -2.25. The van der Waals surface area contributed by atoms with Gasteiger partial charge < -0.3 is 0 Å². The molecule has 0 saturated heterocycles. The maximum atomic E-state index is 12.0. The minimum Gasteiger partial charge on any atom is -0.210 e. The van der Waals surface area contributed by atoms with E-state index in [4.69, 9.17) is 11.6 Å². The van der Waals surface area contributed by atoms with Gasteiger partial charge in [0, 0.05) is 11.9 Å². The minimum absolute atomic E-state index is 0.0415. The van der Waals surface area contributed by atoms with E-state index in [-0.39, 0.29) is 17.8 Å². The van der Waals surface area contributed by atoms with Crippen LogP contribution in [0.5, 0.6) is 0 Å². The fourth-order valence-corrected chi connectivity index (χ4v) is 2.71. The smallest absolute Gasteiger partial charge is 0.210 e. The Morgan fingerprint density at radius 3 is 2.60 bits per heavy atom. The molecule has 0 aliphatic heterocycles. The Hall–Kier alpha value is 0.0600. The molecule has 2 unspecified atom stereocenters. The summed E-state index contributed by atoms with van der Waals surface area (Å²) in [4.78, 5) is 0.